The van der Waals surface area contributed by atoms with Gasteiger partial charge in [0.2, 0.25) is 0 Å². The maximum atomic E-state index is 9.11. The van der Waals surface area contributed by atoms with Crippen molar-refractivity contribution in [2.75, 3.05) is 6.54 Å². The molecule has 0 amide bonds. The molecule has 0 aliphatic carbocycles. The number of aliphatic hydroxyl groups is 1. The highest BCUT2D eigenvalue weighted by molar-refractivity contribution is 7.15. The van der Waals surface area contributed by atoms with E-state index in [1.165, 1.54) is 10.4 Å². The van der Waals surface area contributed by atoms with Crippen LogP contribution in [-0.2, 0) is 6.54 Å². The second kappa shape index (κ2) is 5.54. The number of aromatic nitrogens is 1. The lowest BCUT2D eigenvalue weighted by Crippen LogP contribution is -2.23. The molecule has 0 saturated heterocycles. The summed E-state index contributed by atoms with van der Waals surface area (Å²) in [5.41, 5.74) is 1.19. The van der Waals surface area contributed by atoms with Crippen LogP contribution in [-0.4, -0.2) is 22.7 Å². The topological polar surface area (TPSA) is 45.1 Å². The van der Waals surface area contributed by atoms with Crippen LogP contribution >= 0.6 is 22.7 Å². The first kappa shape index (κ1) is 11.7. The molecule has 0 aliphatic heterocycles. The van der Waals surface area contributed by atoms with E-state index in [0.717, 1.165) is 11.6 Å². The maximum Gasteiger partial charge on any atom is 0.124 e. The first-order valence-corrected chi connectivity index (χ1v) is 6.87. The molecule has 1 atom stereocenters. The Morgan fingerprint density at radius 2 is 2.44 bits per heavy atom. The van der Waals surface area contributed by atoms with Crippen LogP contribution < -0.4 is 5.32 Å². The van der Waals surface area contributed by atoms with Crippen molar-refractivity contribution in [1.29, 1.82) is 0 Å². The Hall–Kier alpha value is -0.750. The minimum Gasteiger partial charge on any atom is -0.392 e. The van der Waals surface area contributed by atoms with Gasteiger partial charge in [0.05, 0.1) is 6.10 Å². The normalized spacial score (nSPS) is 12.9. The van der Waals surface area contributed by atoms with Crippen LogP contribution in [0.1, 0.15) is 11.8 Å². The third kappa shape index (κ3) is 3.12. The number of thiophene rings is 1. The van der Waals surface area contributed by atoms with Crippen molar-refractivity contribution in [2.45, 2.75) is 19.6 Å². The predicted molar refractivity (Wildman–Crippen MR) is 68.8 cm³/mol. The Morgan fingerprint density at radius 1 is 1.56 bits per heavy atom. The molecule has 0 aromatic carbocycles. The van der Waals surface area contributed by atoms with Gasteiger partial charge in [-0.15, -0.1) is 11.3 Å². The van der Waals surface area contributed by atoms with Crippen LogP contribution in [0, 0.1) is 0 Å². The SMILES string of the molecule is C[C@@H](O)CNCc1cnc(-c2ccsc2)s1. The lowest BCUT2D eigenvalue weighted by atomic mass is 10.4. The molecular formula is C11H14N2OS2. The quantitative estimate of drug-likeness (QED) is 0.861. The van der Waals surface area contributed by atoms with Crippen molar-refractivity contribution < 1.29 is 5.11 Å². The molecule has 0 radical (unpaired) electrons. The van der Waals surface area contributed by atoms with E-state index in [4.69, 9.17) is 5.11 Å². The molecule has 3 nitrogen and oxygen atoms in total. The Morgan fingerprint density at radius 3 is 3.12 bits per heavy atom. The number of nitrogens with one attached hydrogen (secondary N) is 1. The van der Waals surface area contributed by atoms with Gasteiger partial charge in [0.1, 0.15) is 5.01 Å². The molecule has 5 heteroatoms. The Labute approximate surface area is 103 Å². The number of hydrogen-bond donors (Lipinski definition) is 2. The number of hydrogen-bond acceptors (Lipinski definition) is 5. The minimum absolute atomic E-state index is 0.302. The van der Waals surface area contributed by atoms with E-state index in [-0.39, 0.29) is 6.10 Å². The molecular weight excluding hydrogens is 240 g/mol. The molecule has 0 unspecified atom stereocenters. The van der Waals surface area contributed by atoms with Crippen molar-refractivity contribution in [2.24, 2.45) is 0 Å². The van der Waals surface area contributed by atoms with E-state index in [0.29, 0.717) is 6.54 Å². The molecule has 2 N–H and O–H groups in total. The van der Waals surface area contributed by atoms with Gasteiger partial charge in [0.25, 0.3) is 0 Å². The van der Waals surface area contributed by atoms with Gasteiger partial charge in [0, 0.05) is 35.1 Å². The van der Waals surface area contributed by atoms with E-state index >= 15 is 0 Å². The second-order valence-electron chi connectivity index (χ2n) is 3.62. The molecule has 2 rings (SSSR count). The zero-order chi connectivity index (χ0) is 11.4. The zero-order valence-electron chi connectivity index (χ0n) is 9.01. The number of rotatable bonds is 5. The van der Waals surface area contributed by atoms with Gasteiger partial charge in [0.15, 0.2) is 0 Å². The van der Waals surface area contributed by atoms with E-state index in [2.05, 4.69) is 27.1 Å². The average Bonchev–Trinajstić information content (AvgIpc) is 2.85. The third-order valence-corrected chi connectivity index (χ3v) is 3.79. The highest BCUT2D eigenvalue weighted by Crippen LogP contribution is 2.26. The smallest absolute Gasteiger partial charge is 0.124 e. The van der Waals surface area contributed by atoms with Gasteiger partial charge >= 0.3 is 0 Å². The van der Waals surface area contributed by atoms with Gasteiger partial charge in [-0.25, -0.2) is 4.98 Å². The van der Waals surface area contributed by atoms with Crippen molar-refractivity contribution >= 4 is 22.7 Å². The van der Waals surface area contributed by atoms with E-state index < -0.39 is 0 Å². The van der Waals surface area contributed by atoms with Gasteiger partial charge in [-0.05, 0) is 18.4 Å². The molecule has 2 aromatic rings. The van der Waals surface area contributed by atoms with E-state index in [9.17, 15) is 0 Å². The maximum absolute atomic E-state index is 9.11. The number of thiazole rings is 1. The van der Waals surface area contributed by atoms with Gasteiger partial charge in [-0.3, -0.25) is 0 Å². The average molecular weight is 254 g/mol. The molecule has 0 spiro atoms. The van der Waals surface area contributed by atoms with Crippen LogP contribution in [0.4, 0.5) is 0 Å². The molecule has 16 heavy (non-hydrogen) atoms. The monoisotopic (exact) mass is 254 g/mol. The Bertz CT molecular complexity index is 423. The van der Waals surface area contributed by atoms with Crippen molar-refractivity contribution in [3.05, 3.63) is 27.9 Å². The molecule has 0 saturated carbocycles. The predicted octanol–water partition coefficient (Wildman–Crippen LogP) is 2.34. The van der Waals surface area contributed by atoms with Crippen molar-refractivity contribution in [3.63, 3.8) is 0 Å². The largest absolute Gasteiger partial charge is 0.392 e. The summed E-state index contributed by atoms with van der Waals surface area (Å²) in [6, 6.07) is 2.08. The molecule has 86 valence electrons. The Kier molecular flexibility index (Phi) is 4.06. The summed E-state index contributed by atoms with van der Waals surface area (Å²) in [6.07, 6.45) is 1.59. The van der Waals surface area contributed by atoms with Crippen LogP contribution in [0.15, 0.2) is 23.0 Å². The summed E-state index contributed by atoms with van der Waals surface area (Å²) in [7, 11) is 0. The molecule has 2 heterocycles. The van der Waals surface area contributed by atoms with Crippen LogP contribution in [0.5, 0.6) is 0 Å². The molecule has 0 bridgehead atoms. The standard InChI is InChI=1S/C11H14N2OS2/c1-8(14)4-12-5-10-6-13-11(16-10)9-2-3-15-7-9/h2-3,6-8,12,14H,4-5H2,1H3/t8-/m1/s1. The Balaban J connectivity index is 1.93. The van der Waals surface area contributed by atoms with E-state index in [1.807, 2.05) is 6.20 Å². The highest BCUT2D eigenvalue weighted by atomic mass is 32.1. The summed E-state index contributed by atoms with van der Waals surface area (Å²) in [6.45, 7) is 3.16. The summed E-state index contributed by atoms with van der Waals surface area (Å²) >= 11 is 3.38. The number of nitrogens with zero attached hydrogens (tertiary/aromatic N) is 1. The van der Waals surface area contributed by atoms with Crippen LogP contribution in [0.2, 0.25) is 0 Å². The van der Waals surface area contributed by atoms with E-state index in [1.54, 1.807) is 29.6 Å². The fourth-order valence-corrected chi connectivity index (χ4v) is 2.91. The minimum atomic E-state index is -0.302. The summed E-state index contributed by atoms with van der Waals surface area (Å²) in [5.74, 6) is 0. The fraction of sp³-hybridized carbons (Fsp3) is 0.364. The molecule has 0 aliphatic rings. The van der Waals surface area contributed by atoms with Crippen molar-refractivity contribution in [3.8, 4) is 10.6 Å². The van der Waals surface area contributed by atoms with Gasteiger partial charge in [-0.1, -0.05) is 0 Å². The number of aliphatic hydroxyl groups excluding tert-OH is 1. The zero-order valence-corrected chi connectivity index (χ0v) is 10.6. The second-order valence-corrected chi connectivity index (χ2v) is 5.52. The fourth-order valence-electron chi connectivity index (χ4n) is 1.31. The van der Waals surface area contributed by atoms with Crippen molar-refractivity contribution in [1.82, 2.24) is 10.3 Å². The van der Waals surface area contributed by atoms with Gasteiger partial charge in [-0.2, -0.15) is 11.3 Å². The van der Waals surface area contributed by atoms with Crippen LogP contribution in [0.3, 0.4) is 0 Å². The third-order valence-electron chi connectivity index (χ3n) is 2.06. The lowest BCUT2D eigenvalue weighted by Gasteiger charge is -2.04. The van der Waals surface area contributed by atoms with Gasteiger partial charge < -0.3 is 10.4 Å². The first-order valence-electron chi connectivity index (χ1n) is 5.12. The molecule has 0 fully saturated rings. The summed E-state index contributed by atoms with van der Waals surface area (Å²) in [4.78, 5) is 5.58. The lowest BCUT2D eigenvalue weighted by molar-refractivity contribution is 0.191. The first-order chi connectivity index (χ1) is 7.75. The molecule has 2 aromatic heterocycles. The summed E-state index contributed by atoms with van der Waals surface area (Å²) in [5, 5.41) is 17.5. The summed E-state index contributed by atoms with van der Waals surface area (Å²) < 4.78 is 0. The van der Waals surface area contributed by atoms with Crippen LogP contribution in [0.25, 0.3) is 10.6 Å². The highest BCUT2D eigenvalue weighted by Gasteiger charge is 2.04.